The average Bonchev–Trinajstić information content (AvgIpc) is 2.22. The van der Waals surface area contributed by atoms with Gasteiger partial charge in [-0.3, -0.25) is 0 Å². The van der Waals surface area contributed by atoms with Crippen LogP contribution in [-0.2, 0) is 0 Å². The standard InChI is InChI=1S/C16H32N2/c1-15(2)8-6-14(17)13(10-15)11-18-9-5-7-16(3,4)12-18/h13-14H,5-12,17H2,1-4H3. The molecule has 0 amide bonds. The second-order valence-corrected chi connectivity index (χ2v) is 8.33. The van der Waals surface area contributed by atoms with E-state index in [0.717, 1.165) is 0 Å². The molecule has 2 fully saturated rings. The highest BCUT2D eigenvalue weighted by Crippen LogP contribution is 2.39. The predicted octanol–water partition coefficient (Wildman–Crippen LogP) is 3.26. The van der Waals surface area contributed by atoms with Gasteiger partial charge in [0.1, 0.15) is 0 Å². The van der Waals surface area contributed by atoms with Gasteiger partial charge < -0.3 is 10.6 Å². The van der Waals surface area contributed by atoms with Crippen LogP contribution in [0.25, 0.3) is 0 Å². The number of likely N-dealkylation sites (tertiary alicyclic amines) is 1. The van der Waals surface area contributed by atoms with Crippen molar-refractivity contribution in [2.24, 2.45) is 22.5 Å². The maximum atomic E-state index is 6.36. The molecule has 1 aliphatic heterocycles. The van der Waals surface area contributed by atoms with Gasteiger partial charge in [-0.15, -0.1) is 0 Å². The average molecular weight is 252 g/mol. The zero-order chi connectivity index (χ0) is 13.4. The summed E-state index contributed by atoms with van der Waals surface area (Å²) in [5.74, 6) is 0.711. The molecule has 0 bridgehead atoms. The summed E-state index contributed by atoms with van der Waals surface area (Å²) in [7, 11) is 0. The van der Waals surface area contributed by atoms with Crippen LogP contribution in [0.2, 0.25) is 0 Å². The van der Waals surface area contributed by atoms with Crippen LogP contribution in [-0.4, -0.2) is 30.6 Å². The number of nitrogens with two attached hydrogens (primary N) is 1. The SMILES string of the molecule is CC1(C)CCC(N)C(CN2CCCC(C)(C)C2)C1. The Bertz CT molecular complexity index is 283. The maximum Gasteiger partial charge on any atom is 0.00797 e. The predicted molar refractivity (Wildman–Crippen MR) is 78.6 cm³/mol. The fourth-order valence-electron chi connectivity index (χ4n) is 3.99. The first-order chi connectivity index (χ1) is 8.27. The highest BCUT2D eigenvalue weighted by Gasteiger charge is 2.35. The minimum absolute atomic E-state index is 0.433. The molecule has 0 aromatic carbocycles. The van der Waals surface area contributed by atoms with Crippen molar-refractivity contribution in [3.8, 4) is 0 Å². The summed E-state index contributed by atoms with van der Waals surface area (Å²) in [5, 5.41) is 0. The van der Waals surface area contributed by atoms with Crippen LogP contribution in [0, 0.1) is 16.7 Å². The van der Waals surface area contributed by atoms with Gasteiger partial charge in [-0.1, -0.05) is 27.7 Å². The normalized spacial score (nSPS) is 36.5. The Morgan fingerprint density at radius 3 is 2.50 bits per heavy atom. The van der Waals surface area contributed by atoms with E-state index in [1.54, 1.807) is 0 Å². The van der Waals surface area contributed by atoms with Gasteiger partial charge >= 0.3 is 0 Å². The molecule has 2 N–H and O–H groups in total. The van der Waals surface area contributed by atoms with Crippen LogP contribution in [0.3, 0.4) is 0 Å². The molecule has 2 aliphatic rings. The molecule has 106 valence electrons. The summed E-state index contributed by atoms with van der Waals surface area (Å²) in [5.41, 5.74) is 7.37. The van der Waals surface area contributed by atoms with E-state index in [9.17, 15) is 0 Å². The third-order valence-electron chi connectivity index (χ3n) is 5.05. The molecule has 18 heavy (non-hydrogen) atoms. The van der Waals surface area contributed by atoms with E-state index in [4.69, 9.17) is 5.73 Å². The summed E-state index contributed by atoms with van der Waals surface area (Å²) in [6, 6.07) is 0.433. The van der Waals surface area contributed by atoms with Crippen molar-refractivity contribution in [1.29, 1.82) is 0 Å². The van der Waals surface area contributed by atoms with Crippen molar-refractivity contribution >= 4 is 0 Å². The van der Waals surface area contributed by atoms with Crippen molar-refractivity contribution in [2.75, 3.05) is 19.6 Å². The molecule has 1 saturated carbocycles. The smallest absolute Gasteiger partial charge is 0.00797 e. The van der Waals surface area contributed by atoms with Crippen LogP contribution < -0.4 is 5.73 Å². The van der Waals surface area contributed by atoms with Crippen molar-refractivity contribution < 1.29 is 0 Å². The van der Waals surface area contributed by atoms with Gasteiger partial charge in [-0.2, -0.15) is 0 Å². The highest BCUT2D eigenvalue weighted by molar-refractivity contribution is 4.90. The third-order valence-corrected chi connectivity index (χ3v) is 5.05. The first-order valence-corrected chi connectivity index (χ1v) is 7.75. The minimum Gasteiger partial charge on any atom is -0.327 e. The lowest BCUT2D eigenvalue weighted by atomic mass is 9.69. The van der Waals surface area contributed by atoms with Gasteiger partial charge in [-0.05, 0) is 55.4 Å². The second-order valence-electron chi connectivity index (χ2n) is 8.33. The van der Waals surface area contributed by atoms with E-state index in [0.29, 0.717) is 22.8 Å². The van der Waals surface area contributed by atoms with E-state index in [-0.39, 0.29) is 0 Å². The summed E-state index contributed by atoms with van der Waals surface area (Å²) >= 11 is 0. The fraction of sp³-hybridized carbons (Fsp3) is 1.00. The number of hydrogen-bond donors (Lipinski definition) is 1. The first-order valence-electron chi connectivity index (χ1n) is 7.75. The Balaban J connectivity index is 1.91. The second kappa shape index (κ2) is 5.13. The van der Waals surface area contributed by atoms with Gasteiger partial charge in [0.15, 0.2) is 0 Å². The molecule has 2 atom stereocenters. The van der Waals surface area contributed by atoms with Crippen molar-refractivity contribution in [1.82, 2.24) is 4.90 Å². The lowest BCUT2D eigenvalue weighted by Gasteiger charge is -2.44. The summed E-state index contributed by atoms with van der Waals surface area (Å²) in [6.45, 7) is 13.4. The number of hydrogen-bond acceptors (Lipinski definition) is 2. The van der Waals surface area contributed by atoms with Gasteiger partial charge in [0.25, 0.3) is 0 Å². The Morgan fingerprint density at radius 1 is 1.11 bits per heavy atom. The molecule has 2 heteroatoms. The highest BCUT2D eigenvalue weighted by atomic mass is 15.1. The summed E-state index contributed by atoms with van der Waals surface area (Å²) in [6.07, 6.45) is 6.57. The number of piperidine rings is 1. The lowest BCUT2D eigenvalue weighted by Crippen LogP contribution is -2.48. The number of nitrogens with zero attached hydrogens (tertiary/aromatic N) is 1. The third kappa shape index (κ3) is 3.71. The number of rotatable bonds is 2. The van der Waals surface area contributed by atoms with Gasteiger partial charge in [0.05, 0.1) is 0 Å². The summed E-state index contributed by atoms with van der Waals surface area (Å²) < 4.78 is 0. The molecular weight excluding hydrogens is 220 g/mol. The van der Waals surface area contributed by atoms with E-state index in [1.807, 2.05) is 0 Å². The van der Waals surface area contributed by atoms with Crippen molar-refractivity contribution in [3.63, 3.8) is 0 Å². The van der Waals surface area contributed by atoms with E-state index in [2.05, 4.69) is 32.6 Å². The largest absolute Gasteiger partial charge is 0.327 e. The monoisotopic (exact) mass is 252 g/mol. The molecule has 2 rings (SSSR count). The summed E-state index contributed by atoms with van der Waals surface area (Å²) in [4.78, 5) is 2.68. The van der Waals surface area contributed by atoms with Crippen LogP contribution >= 0.6 is 0 Å². The molecule has 2 nitrogen and oxygen atoms in total. The van der Waals surface area contributed by atoms with E-state index >= 15 is 0 Å². The van der Waals surface area contributed by atoms with Gasteiger partial charge in [0, 0.05) is 19.1 Å². The molecule has 1 saturated heterocycles. The van der Waals surface area contributed by atoms with E-state index in [1.165, 1.54) is 51.7 Å². The molecule has 0 spiro atoms. The van der Waals surface area contributed by atoms with Gasteiger partial charge in [-0.25, -0.2) is 0 Å². The van der Waals surface area contributed by atoms with Crippen molar-refractivity contribution in [3.05, 3.63) is 0 Å². The molecule has 2 unspecified atom stereocenters. The molecule has 1 aliphatic carbocycles. The van der Waals surface area contributed by atoms with Crippen LogP contribution in [0.1, 0.15) is 59.8 Å². The zero-order valence-electron chi connectivity index (χ0n) is 12.8. The first kappa shape index (κ1) is 14.3. The molecule has 0 aromatic heterocycles. The topological polar surface area (TPSA) is 29.3 Å². The minimum atomic E-state index is 0.433. The van der Waals surface area contributed by atoms with Crippen LogP contribution in [0.4, 0.5) is 0 Å². The maximum absolute atomic E-state index is 6.36. The van der Waals surface area contributed by atoms with Crippen molar-refractivity contribution in [2.45, 2.75) is 65.8 Å². The Hall–Kier alpha value is -0.0800. The van der Waals surface area contributed by atoms with Gasteiger partial charge in [0.2, 0.25) is 0 Å². The quantitative estimate of drug-likeness (QED) is 0.817. The lowest BCUT2D eigenvalue weighted by molar-refractivity contribution is 0.0665. The van der Waals surface area contributed by atoms with Crippen LogP contribution in [0.15, 0.2) is 0 Å². The molecule has 0 aromatic rings. The molecule has 1 heterocycles. The Kier molecular flexibility index (Phi) is 4.08. The fourth-order valence-corrected chi connectivity index (χ4v) is 3.99. The van der Waals surface area contributed by atoms with Crippen LogP contribution in [0.5, 0.6) is 0 Å². The zero-order valence-corrected chi connectivity index (χ0v) is 12.8. The molecule has 0 radical (unpaired) electrons. The molecular formula is C16H32N2. The van der Waals surface area contributed by atoms with E-state index < -0.39 is 0 Å². The Morgan fingerprint density at radius 2 is 1.83 bits per heavy atom. The Labute approximate surface area is 113 Å².